The van der Waals surface area contributed by atoms with E-state index in [9.17, 15) is 34.6 Å². The molecule has 0 spiro atoms. The number of nitrogen functional groups attached to an aromatic ring is 1. The summed E-state index contributed by atoms with van der Waals surface area (Å²) >= 11 is 3.90. The Balaban J connectivity index is 1.17. The number of aromatic nitrogens is 3. The van der Waals surface area contributed by atoms with Gasteiger partial charge in [-0.15, -0.1) is 34.9 Å². The van der Waals surface area contributed by atoms with Crippen molar-refractivity contribution in [3.05, 3.63) is 74.0 Å². The molecular formula is C28H27N7O8S3. The molecule has 18 heteroatoms. The number of thioether (sulfide) groups is 2. The largest absolute Gasteiger partial charge is 0.543 e. The van der Waals surface area contributed by atoms with Gasteiger partial charge in [-0.1, -0.05) is 5.16 Å². The molecule has 15 nitrogen and oxygen atoms in total. The van der Waals surface area contributed by atoms with Crippen molar-refractivity contribution in [2.75, 3.05) is 17.2 Å². The van der Waals surface area contributed by atoms with Crippen LogP contribution in [-0.4, -0.2) is 71.3 Å². The summed E-state index contributed by atoms with van der Waals surface area (Å²) in [6.45, 7) is -0.470. The summed E-state index contributed by atoms with van der Waals surface area (Å²) in [5.41, 5.74) is 7.53. The van der Waals surface area contributed by atoms with Crippen molar-refractivity contribution in [1.29, 1.82) is 0 Å². The molecule has 3 aromatic heterocycles. The van der Waals surface area contributed by atoms with Crippen LogP contribution < -0.4 is 26.2 Å². The number of oxime groups is 1. The van der Waals surface area contributed by atoms with Crippen LogP contribution in [-0.2, 0) is 45.7 Å². The summed E-state index contributed by atoms with van der Waals surface area (Å²) in [4.78, 5) is 62.2. The van der Waals surface area contributed by atoms with Crippen LogP contribution in [0.2, 0.25) is 0 Å². The number of aliphatic carboxylic acids is 1. The summed E-state index contributed by atoms with van der Waals surface area (Å²) < 4.78 is 2.58. The molecule has 1 fully saturated rings. The van der Waals surface area contributed by atoms with Crippen molar-refractivity contribution < 1.29 is 39.2 Å². The highest BCUT2D eigenvalue weighted by atomic mass is 32.2. The second kappa shape index (κ2) is 12.7. The Bertz CT molecular complexity index is 1890. The van der Waals surface area contributed by atoms with E-state index in [1.54, 1.807) is 0 Å². The number of rotatable bonds is 10. The third-order valence-corrected chi connectivity index (χ3v) is 10.9. The summed E-state index contributed by atoms with van der Waals surface area (Å²) in [7, 11) is 2.01. The molecule has 5 N–H and O–H groups in total. The second-order valence-electron chi connectivity index (χ2n) is 10.6. The predicted molar refractivity (Wildman–Crippen MR) is 165 cm³/mol. The number of aromatic hydroxyl groups is 1. The Labute approximate surface area is 273 Å². The van der Waals surface area contributed by atoms with Gasteiger partial charge in [0.05, 0.1) is 17.9 Å². The molecule has 2 atom stereocenters. The van der Waals surface area contributed by atoms with E-state index in [1.165, 1.54) is 40.2 Å². The van der Waals surface area contributed by atoms with Crippen LogP contribution in [0, 0.1) is 0 Å². The number of hydrogen-bond acceptors (Lipinski definition) is 14. The van der Waals surface area contributed by atoms with Crippen molar-refractivity contribution >= 4 is 63.5 Å². The fourth-order valence-corrected chi connectivity index (χ4v) is 8.61. The molecule has 240 valence electrons. The lowest BCUT2D eigenvalue weighted by molar-refractivity contribution is -0.679. The van der Waals surface area contributed by atoms with Crippen LogP contribution in [0.15, 0.2) is 56.0 Å². The van der Waals surface area contributed by atoms with Gasteiger partial charge in [0.15, 0.2) is 35.1 Å². The van der Waals surface area contributed by atoms with Gasteiger partial charge in [0.25, 0.3) is 11.8 Å². The molecule has 5 heterocycles. The standard InChI is InChI=1S/C28H27N7O8S3/c1-33-6-5-20(15-3-2-4-17(15)33)44-10-13-11-45-26-22(25(39)35(26)23(13)27(40)41)31-24(38)21(16-12-46-28(29)30-16)32-43-9-14-7-18(36)19(37)8-34(14)42/h5-8,12,22,26,42H,2-4,9-11H2,1H3,(H4-,29,30,31,37,38,40,41)/b32-21-/t22-,26-/m1/s1. The molecule has 3 aromatic rings. The van der Waals surface area contributed by atoms with Gasteiger partial charge in [0.1, 0.15) is 29.9 Å². The van der Waals surface area contributed by atoms with Gasteiger partial charge >= 0.3 is 0 Å². The number of nitrogens with one attached hydrogen (secondary N) is 1. The van der Waals surface area contributed by atoms with Gasteiger partial charge in [-0.3, -0.25) is 19.3 Å². The molecule has 0 bridgehead atoms. The summed E-state index contributed by atoms with van der Waals surface area (Å²) in [6.07, 6.45) is 5.81. The summed E-state index contributed by atoms with van der Waals surface area (Å²) in [6, 6.07) is 1.88. The number of fused-ring (bicyclic) bond motifs is 2. The van der Waals surface area contributed by atoms with Crippen molar-refractivity contribution in [2.45, 2.75) is 42.2 Å². The number of amides is 2. The molecule has 2 aliphatic heterocycles. The minimum atomic E-state index is -1.46. The molecule has 0 unspecified atom stereocenters. The molecule has 1 aliphatic carbocycles. The number of carboxylic acids is 1. The first-order valence-corrected chi connectivity index (χ1v) is 16.8. The average Bonchev–Trinajstić information content (AvgIpc) is 3.69. The Hall–Kier alpha value is -4.55. The van der Waals surface area contributed by atoms with Gasteiger partial charge in [0.2, 0.25) is 5.43 Å². The number of carbonyl (C=O) groups excluding carboxylic acids is 3. The van der Waals surface area contributed by atoms with Crippen LogP contribution in [0.1, 0.15) is 29.1 Å². The van der Waals surface area contributed by atoms with Gasteiger partial charge in [-0.2, -0.15) is 4.73 Å². The zero-order valence-electron chi connectivity index (χ0n) is 24.2. The van der Waals surface area contributed by atoms with Gasteiger partial charge in [-0.25, -0.2) is 9.55 Å². The predicted octanol–water partition coefficient (Wildman–Crippen LogP) is -0.740. The number of pyridine rings is 2. The van der Waals surface area contributed by atoms with E-state index in [0.717, 1.165) is 52.7 Å². The average molecular weight is 686 g/mol. The first-order valence-electron chi connectivity index (χ1n) is 13.9. The van der Waals surface area contributed by atoms with E-state index in [2.05, 4.69) is 20.0 Å². The number of carbonyl (C=O) groups is 3. The molecule has 3 aliphatic rings. The van der Waals surface area contributed by atoms with Crippen LogP contribution in [0.5, 0.6) is 5.75 Å². The van der Waals surface area contributed by atoms with Crippen LogP contribution in [0.3, 0.4) is 0 Å². The molecule has 1 saturated heterocycles. The summed E-state index contributed by atoms with van der Waals surface area (Å²) in [5, 5.41) is 39.0. The number of nitrogens with zero attached hydrogens (tertiary/aromatic N) is 5. The first-order chi connectivity index (χ1) is 22.0. The lowest BCUT2D eigenvalue weighted by atomic mass is 10.0. The van der Waals surface area contributed by atoms with E-state index in [0.29, 0.717) is 21.8 Å². The summed E-state index contributed by atoms with van der Waals surface area (Å²) in [5.74, 6) is -2.92. The van der Waals surface area contributed by atoms with E-state index < -0.39 is 47.0 Å². The third kappa shape index (κ3) is 5.90. The smallest absolute Gasteiger partial charge is 0.276 e. The Morgan fingerprint density at radius 2 is 2.15 bits per heavy atom. The normalized spacial score (nSPS) is 19.0. The zero-order valence-corrected chi connectivity index (χ0v) is 26.6. The van der Waals surface area contributed by atoms with Gasteiger partial charge in [-0.05, 0) is 18.4 Å². The molecular weight excluding hydrogens is 659 g/mol. The first kappa shape index (κ1) is 31.4. The highest BCUT2D eigenvalue weighted by Gasteiger charge is 2.53. The number of carboxylic acid groups (broad SMARTS) is 1. The number of nitrogens with two attached hydrogens (primary N) is 1. The lowest BCUT2D eigenvalue weighted by Gasteiger charge is -2.50. The molecule has 2 amide bonds. The molecule has 0 saturated carbocycles. The fourth-order valence-electron chi connectivity index (χ4n) is 5.47. The lowest BCUT2D eigenvalue weighted by Crippen LogP contribution is -2.71. The van der Waals surface area contributed by atoms with Gasteiger partial charge < -0.3 is 36.1 Å². The SMILES string of the molecule is C[n+]1ccc(SCC2=C(C(=O)[O-])N3C(=O)[C@@H](NC(=O)/C(=N\OCc4cc(=O)c(O)cn4O)c4csc(N)n4)[C@H]3SC2)c2c1CCC2. The van der Waals surface area contributed by atoms with Crippen LogP contribution in [0.4, 0.5) is 5.13 Å². The number of hydrogen-bond donors (Lipinski definition) is 4. The van der Waals surface area contributed by atoms with E-state index >= 15 is 0 Å². The molecule has 0 radical (unpaired) electrons. The number of β-lactam (4-membered cyclic amide) rings is 1. The minimum absolute atomic E-state index is 0.0441. The van der Waals surface area contributed by atoms with Crippen molar-refractivity contribution in [3.8, 4) is 5.75 Å². The zero-order chi connectivity index (χ0) is 32.7. The Morgan fingerprint density at radius 1 is 1.35 bits per heavy atom. The molecule has 6 rings (SSSR count). The highest BCUT2D eigenvalue weighted by molar-refractivity contribution is 8.01. The Kier molecular flexibility index (Phi) is 8.67. The van der Waals surface area contributed by atoms with Crippen molar-refractivity contribution in [3.63, 3.8) is 0 Å². The fraction of sp³-hybridized carbons (Fsp3) is 0.321. The third-order valence-electron chi connectivity index (χ3n) is 7.73. The maximum absolute atomic E-state index is 13.4. The highest BCUT2D eigenvalue weighted by Crippen LogP contribution is 2.42. The molecule has 46 heavy (non-hydrogen) atoms. The van der Waals surface area contributed by atoms with Gasteiger partial charge in [0, 0.05) is 45.9 Å². The van der Waals surface area contributed by atoms with Crippen molar-refractivity contribution in [2.24, 2.45) is 12.2 Å². The van der Waals surface area contributed by atoms with Crippen molar-refractivity contribution in [1.82, 2.24) is 19.9 Å². The number of aryl methyl sites for hydroxylation is 1. The number of anilines is 1. The molecule has 0 aromatic carbocycles. The maximum atomic E-state index is 13.4. The number of thiazole rings is 1. The van der Waals surface area contributed by atoms with E-state index in [4.69, 9.17) is 10.6 Å². The Morgan fingerprint density at radius 3 is 2.89 bits per heavy atom. The van der Waals surface area contributed by atoms with E-state index in [1.807, 2.05) is 19.3 Å². The second-order valence-corrected chi connectivity index (χ2v) is 13.6. The van der Waals surface area contributed by atoms with E-state index in [-0.39, 0.29) is 27.9 Å². The van der Waals surface area contributed by atoms with Crippen LogP contribution >= 0.6 is 34.9 Å². The topological polar surface area (TPSA) is 216 Å². The monoisotopic (exact) mass is 685 g/mol. The minimum Gasteiger partial charge on any atom is -0.543 e. The quantitative estimate of drug-likeness (QED) is 0.0519. The maximum Gasteiger partial charge on any atom is 0.276 e. The van der Waals surface area contributed by atoms with Crippen LogP contribution in [0.25, 0.3) is 0 Å².